The van der Waals surface area contributed by atoms with Crippen LogP contribution in [0.15, 0.2) is 72.9 Å². The summed E-state index contributed by atoms with van der Waals surface area (Å²) < 4.78 is 10.5. The summed E-state index contributed by atoms with van der Waals surface area (Å²) in [5, 5.41) is 29.4. The van der Waals surface area contributed by atoms with E-state index in [1.165, 1.54) is 64.2 Å². The average molecular weight is 673 g/mol. The molecule has 0 rings (SSSR count). The number of carbonyl (C=O) groups is 2. The predicted octanol–water partition coefficient (Wildman–Crippen LogP) is 9.33. The second-order valence-corrected chi connectivity index (χ2v) is 12.3. The first-order valence-electron chi connectivity index (χ1n) is 18.7. The number of unbranched alkanes of at least 4 members (excludes halogenated alkanes) is 13. The first-order valence-corrected chi connectivity index (χ1v) is 18.7. The molecule has 0 aliphatic heterocycles. The molecule has 7 nitrogen and oxygen atoms in total. The molecule has 0 bridgehead atoms. The van der Waals surface area contributed by atoms with Gasteiger partial charge in [-0.25, -0.2) is 0 Å². The Bertz CT molecular complexity index is 931. The van der Waals surface area contributed by atoms with E-state index in [2.05, 4.69) is 13.8 Å². The molecule has 48 heavy (non-hydrogen) atoms. The van der Waals surface area contributed by atoms with E-state index in [1.54, 1.807) is 24.3 Å². The number of carbonyl (C=O) groups excluding carboxylic acids is 2. The van der Waals surface area contributed by atoms with E-state index in [4.69, 9.17) is 9.47 Å². The van der Waals surface area contributed by atoms with Crippen LogP contribution in [-0.2, 0) is 19.1 Å². The Morgan fingerprint density at radius 3 is 1.81 bits per heavy atom. The highest BCUT2D eigenvalue weighted by molar-refractivity contribution is 5.70. The zero-order chi connectivity index (χ0) is 35.3. The maximum absolute atomic E-state index is 12.1. The lowest BCUT2D eigenvalue weighted by Gasteiger charge is -2.15. The monoisotopic (exact) mass is 672 g/mol. The van der Waals surface area contributed by atoms with Crippen LogP contribution in [0.4, 0.5) is 0 Å². The number of hydrogen-bond donors (Lipinski definition) is 3. The van der Waals surface area contributed by atoms with E-state index >= 15 is 0 Å². The standard InChI is InChI=1S/C41H68O7/c1-3-5-7-8-9-10-11-12-13-14-18-21-27-33-40(45)47-36-39(35-42)48-41(46)34-28-22-26-32-38(44)31-25-20-17-15-16-19-24-30-37(43)29-23-6-4-2/h6,16-17,19-20,23-26,30-32,37-39,42-44H,3-5,7-15,18,21-22,27-29,33-36H2,1-2H3/b19-16-,20-17-,23-6-,30-24+,31-25+,32-26-/t37-,38-,39-/m0/s1. The predicted molar refractivity (Wildman–Crippen MR) is 198 cm³/mol. The summed E-state index contributed by atoms with van der Waals surface area (Å²) in [5.41, 5.74) is 0. The van der Waals surface area contributed by atoms with E-state index in [-0.39, 0.29) is 19.0 Å². The molecule has 0 heterocycles. The first kappa shape index (κ1) is 45.3. The number of hydrogen-bond acceptors (Lipinski definition) is 7. The molecule has 0 fully saturated rings. The molecular formula is C41H68O7. The number of rotatable bonds is 32. The summed E-state index contributed by atoms with van der Waals surface area (Å²) in [6, 6.07) is 0. The molecule has 0 saturated heterocycles. The molecule has 0 radical (unpaired) electrons. The van der Waals surface area contributed by atoms with Crippen LogP contribution in [0.25, 0.3) is 0 Å². The smallest absolute Gasteiger partial charge is 0.306 e. The maximum atomic E-state index is 12.1. The van der Waals surface area contributed by atoms with Gasteiger partial charge in [0, 0.05) is 12.8 Å². The second-order valence-electron chi connectivity index (χ2n) is 12.3. The number of allylic oxidation sites excluding steroid dienone is 8. The van der Waals surface area contributed by atoms with Crippen molar-refractivity contribution in [2.75, 3.05) is 13.2 Å². The zero-order valence-electron chi connectivity index (χ0n) is 30.2. The lowest BCUT2D eigenvalue weighted by Crippen LogP contribution is -2.28. The van der Waals surface area contributed by atoms with Gasteiger partial charge in [0.25, 0.3) is 0 Å². The third kappa shape index (κ3) is 33.2. The van der Waals surface area contributed by atoms with Crippen LogP contribution in [0.5, 0.6) is 0 Å². The van der Waals surface area contributed by atoms with Crippen LogP contribution in [0.1, 0.15) is 142 Å². The lowest BCUT2D eigenvalue weighted by molar-refractivity contribution is -0.161. The summed E-state index contributed by atoms with van der Waals surface area (Å²) in [7, 11) is 0. The van der Waals surface area contributed by atoms with Gasteiger partial charge < -0.3 is 24.8 Å². The van der Waals surface area contributed by atoms with Crippen LogP contribution in [0.3, 0.4) is 0 Å². The van der Waals surface area contributed by atoms with Gasteiger partial charge in [-0.2, -0.15) is 0 Å². The van der Waals surface area contributed by atoms with Gasteiger partial charge in [-0.05, 0) is 38.5 Å². The summed E-state index contributed by atoms with van der Waals surface area (Å²) >= 11 is 0. The third-order valence-corrected chi connectivity index (χ3v) is 7.69. The minimum absolute atomic E-state index is 0.138. The fourth-order valence-corrected chi connectivity index (χ4v) is 4.82. The molecule has 0 aromatic carbocycles. The van der Waals surface area contributed by atoms with Gasteiger partial charge >= 0.3 is 11.9 Å². The average Bonchev–Trinajstić information content (AvgIpc) is 3.07. The quantitative estimate of drug-likeness (QED) is 0.0282. The van der Waals surface area contributed by atoms with Crippen LogP contribution in [0, 0.1) is 0 Å². The molecule has 7 heteroatoms. The lowest BCUT2D eigenvalue weighted by atomic mass is 10.0. The molecule has 0 aromatic rings. The Kier molecular flexibility index (Phi) is 33.5. The first-order chi connectivity index (χ1) is 23.4. The number of aliphatic hydroxyl groups excluding tert-OH is 3. The molecule has 0 aliphatic rings. The van der Waals surface area contributed by atoms with Crippen LogP contribution in [0.2, 0.25) is 0 Å². The number of aliphatic hydroxyl groups is 3. The highest BCUT2D eigenvalue weighted by Crippen LogP contribution is 2.13. The van der Waals surface area contributed by atoms with Gasteiger partial charge in [-0.3, -0.25) is 9.59 Å². The van der Waals surface area contributed by atoms with Crippen LogP contribution < -0.4 is 0 Å². The van der Waals surface area contributed by atoms with Crippen molar-refractivity contribution in [3.63, 3.8) is 0 Å². The molecule has 3 atom stereocenters. The van der Waals surface area contributed by atoms with Crippen molar-refractivity contribution in [2.45, 2.75) is 161 Å². The topological polar surface area (TPSA) is 113 Å². The molecular weight excluding hydrogens is 604 g/mol. The van der Waals surface area contributed by atoms with Crippen LogP contribution in [-0.4, -0.2) is 58.8 Å². The molecule has 0 aliphatic carbocycles. The molecule has 0 saturated carbocycles. The fraction of sp³-hybridized carbons (Fsp3) is 0.659. The van der Waals surface area contributed by atoms with E-state index in [0.29, 0.717) is 25.7 Å². The Labute approximate surface area is 292 Å². The molecule has 3 N–H and O–H groups in total. The zero-order valence-corrected chi connectivity index (χ0v) is 30.2. The van der Waals surface area contributed by atoms with Crippen molar-refractivity contribution >= 4 is 11.9 Å². The third-order valence-electron chi connectivity index (χ3n) is 7.69. The molecule has 0 aromatic heterocycles. The van der Waals surface area contributed by atoms with Gasteiger partial charge in [0.05, 0.1) is 18.8 Å². The van der Waals surface area contributed by atoms with E-state index in [1.807, 2.05) is 48.6 Å². The maximum Gasteiger partial charge on any atom is 0.306 e. The molecule has 0 amide bonds. The highest BCUT2D eigenvalue weighted by atomic mass is 16.6. The van der Waals surface area contributed by atoms with Crippen molar-refractivity contribution in [3.8, 4) is 0 Å². The van der Waals surface area contributed by atoms with Gasteiger partial charge in [0.15, 0.2) is 6.10 Å². The highest BCUT2D eigenvalue weighted by Gasteiger charge is 2.16. The second kappa shape index (κ2) is 35.6. The van der Waals surface area contributed by atoms with Gasteiger partial charge in [0.2, 0.25) is 0 Å². The van der Waals surface area contributed by atoms with E-state index < -0.39 is 30.9 Å². The van der Waals surface area contributed by atoms with Crippen molar-refractivity contribution in [2.24, 2.45) is 0 Å². The normalized spacial score (nSPS) is 14.4. The largest absolute Gasteiger partial charge is 0.462 e. The number of esters is 2. The van der Waals surface area contributed by atoms with E-state index in [9.17, 15) is 24.9 Å². The van der Waals surface area contributed by atoms with Crippen molar-refractivity contribution in [1.82, 2.24) is 0 Å². The number of ether oxygens (including phenoxy) is 2. The molecule has 0 spiro atoms. The van der Waals surface area contributed by atoms with Gasteiger partial charge in [-0.15, -0.1) is 0 Å². The van der Waals surface area contributed by atoms with Gasteiger partial charge in [-0.1, -0.05) is 164 Å². The molecule has 0 unspecified atom stereocenters. The Hall–Kier alpha value is -2.74. The summed E-state index contributed by atoms with van der Waals surface area (Å²) in [4.78, 5) is 24.2. The van der Waals surface area contributed by atoms with Crippen LogP contribution >= 0.6 is 0 Å². The summed E-state index contributed by atoms with van der Waals surface area (Å²) in [6.45, 7) is 3.77. The Balaban J connectivity index is 3.89. The minimum atomic E-state index is -0.860. The fourth-order valence-electron chi connectivity index (χ4n) is 4.82. The van der Waals surface area contributed by atoms with Crippen molar-refractivity contribution < 1.29 is 34.4 Å². The van der Waals surface area contributed by atoms with Crippen molar-refractivity contribution in [1.29, 1.82) is 0 Å². The minimum Gasteiger partial charge on any atom is -0.462 e. The van der Waals surface area contributed by atoms with Crippen molar-refractivity contribution in [3.05, 3.63) is 72.9 Å². The molecule has 274 valence electrons. The SMILES string of the molecule is CC/C=C\C[C@H](O)/C=C/C=C\C/C=C\C=C\[C@H](O)/C=C\CCCC(=O)O[C@@H](CO)COC(=O)CCCCCCCCCCCCCCC. The Morgan fingerprint density at radius 1 is 0.625 bits per heavy atom. The Morgan fingerprint density at radius 2 is 1.21 bits per heavy atom. The summed E-state index contributed by atoms with van der Waals surface area (Å²) in [5.74, 6) is -0.779. The summed E-state index contributed by atoms with van der Waals surface area (Å²) in [6.07, 6.45) is 40.3. The van der Waals surface area contributed by atoms with E-state index in [0.717, 1.165) is 32.1 Å². The van der Waals surface area contributed by atoms with Gasteiger partial charge in [0.1, 0.15) is 6.61 Å².